The first-order valence-electron chi connectivity index (χ1n) is 12.5. The van der Waals surface area contributed by atoms with E-state index < -0.39 is 6.17 Å². The highest BCUT2D eigenvalue weighted by Crippen LogP contribution is 2.49. The van der Waals surface area contributed by atoms with E-state index in [1.54, 1.807) is 36.9 Å². The molecule has 0 radical (unpaired) electrons. The van der Waals surface area contributed by atoms with E-state index in [4.69, 9.17) is 9.98 Å². The average molecular weight is 488 g/mol. The lowest BCUT2D eigenvalue weighted by molar-refractivity contribution is 0.584. The third-order valence-electron chi connectivity index (χ3n) is 7.15. The molecule has 1 N–H and O–H groups in total. The minimum Gasteiger partial charge on any atom is -0.322 e. The Morgan fingerprint density at radius 3 is 2.00 bits per heavy atom. The van der Waals surface area contributed by atoms with Crippen molar-refractivity contribution >= 4 is 11.7 Å². The smallest absolute Gasteiger partial charge is 0.203 e. The first kappa shape index (κ1) is 23.2. The maximum Gasteiger partial charge on any atom is 0.203 e. The number of rotatable bonds is 3. The van der Waals surface area contributed by atoms with Crippen molar-refractivity contribution in [2.24, 2.45) is 9.98 Å². The number of aliphatic imine (C=N–C) groups is 2. The summed E-state index contributed by atoms with van der Waals surface area (Å²) in [5.74, 6) is 2.26. The van der Waals surface area contributed by atoms with Crippen molar-refractivity contribution in [1.82, 2.24) is 25.3 Å². The predicted molar refractivity (Wildman–Crippen MR) is 146 cm³/mol. The van der Waals surface area contributed by atoms with Gasteiger partial charge in [-0.1, -0.05) is 65.0 Å². The average Bonchev–Trinajstić information content (AvgIpc) is 3.14. The highest BCUT2D eigenvalue weighted by atomic mass is 15.2. The van der Waals surface area contributed by atoms with Gasteiger partial charge in [-0.3, -0.25) is 0 Å². The summed E-state index contributed by atoms with van der Waals surface area (Å²) >= 11 is 0. The fourth-order valence-electron chi connectivity index (χ4n) is 5.04. The fraction of sp³-hybridized carbons (Fsp3) is 0.267. The number of fused-ring (bicyclic) bond motifs is 3. The number of amidine groups is 2. The minimum atomic E-state index is -0.593. The molecule has 184 valence electrons. The summed E-state index contributed by atoms with van der Waals surface area (Å²) in [5, 5.41) is 3.37. The monoisotopic (exact) mass is 487 g/mol. The summed E-state index contributed by atoms with van der Waals surface area (Å²) in [4.78, 5) is 27.2. The van der Waals surface area contributed by atoms with Gasteiger partial charge in [0, 0.05) is 35.8 Å². The first-order chi connectivity index (χ1) is 17.7. The van der Waals surface area contributed by atoms with Gasteiger partial charge >= 0.3 is 0 Å². The van der Waals surface area contributed by atoms with Crippen molar-refractivity contribution in [1.29, 1.82) is 0 Å². The molecule has 2 aliphatic rings. The predicted octanol–water partition coefficient (Wildman–Crippen LogP) is 5.37. The van der Waals surface area contributed by atoms with Crippen LogP contribution in [0.5, 0.6) is 0 Å². The Hall–Kier alpha value is -4.26. The van der Waals surface area contributed by atoms with Gasteiger partial charge in [-0.05, 0) is 51.4 Å². The molecule has 0 saturated carbocycles. The summed E-state index contributed by atoms with van der Waals surface area (Å²) in [6.45, 7) is 11.4. The molecule has 1 atom stereocenters. The van der Waals surface area contributed by atoms with E-state index in [9.17, 15) is 0 Å². The molecule has 2 aromatic heterocycles. The van der Waals surface area contributed by atoms with Crippen molar-refractivity contribution in [3.63, 3.8) is 0 Å². The number of hydrogen-bond donors (Lipinski definition) is 1. The molecule has 4 aromatic rings. The number of hydrogen-bond acceptors (Lipinski definition) is 7. The van der Waals surface area contributed by atoms with E-state index in [0.717, 1.165) is 5.56 Å². The summed E-state index contributed by atoms with van der Waals surface area (Å²) in [5.41, 5.74) is 7.48. The molecule has 0 fully saturated rings. The minimum absolute atomic E-state index is 0.0928. The van der Waals surface area contributed by atoms with Gasteiger partial charge < -0.3 is 5.32 Å². The zero-order chi connectivity index (χ0) is 25.8. The normalized spacial score (nSPS) is 17.8. The van der Waals surface area contributed by atoms with Gasteiger partial charge in [-0.2, -0.15) is 0 Å². The van der Waals surface area contributed by atoms with E-state index >= 15 is 0 Å². The molecule has 0 saturated heterocycles. The third kappa shape index (κ3) is 4.00. The molecule has 1 aliphatic carbocycles. The molecule has 1 aliphatic heterocycles. The Balaban J connectivity index is 1.43. The van der Waals surface area contributed by atoms with Gasteiger partial charge in [0.15, 0.2) is 17.5 Å². The number of nitrogens with zero attached hydrogens (tertiary/aromatic N) is 6. The molecule has 0 spiro atoms. The van der Waals surface area contributed by atoms with Crippen LogP contribution in [0, 0.1) is 0 Å². The molecule has 7 nitrogen and oxygen atoms in total. The van der Waals surface area contributed by atoms with Gasteiger partial charge in [0.1, 0.15) is 5.84 Å². The van der Waals surface area contributed by atoms with E-state index in [2.05, 4.69) is 96.3 Å². The van der Waals surface area contributed by atoms with Crippen LogP contribution >= 0.6 is 0 Å². The first-order valence-corrected chi connectivity index (χ1v) is 12.5. The van der Waals surface area contributed by atoms with Crippen molar-refractivity contribution in [3.8, 4) is 11.1 Å². The maximum atomic E-state index is 4.90. The van der Waals surface area contributed by atoms with Crippen LogP contribution in [-0.4, -0.2) is 31.6 Å². The Labute approximate surface area is 216 Å². The van der Waals surface area contributed by atoms with E-state index in [-0.39, 0.29) is 10.8 Å². The van der Waals surface area contributed by atoms with E-state index in [1.165, 1.54) is 27.8 Å². The lowest BCUT2D eigenvalue weighted by Crippen LogP contribution is -2.37. The SMILES string of the molecule is CC(C)(C)c1ccc2c(c1)C(C)(C)c1cc(C3=NC(c4ncccn4)N=C(c4ncccn4)N3)ccc1-2. The van der Waals surface area contributed by atoms with Crippen LogP contribution in [0.2, 0.25) is 0 Å². The largest absolute Gasteiger partial charge is 0.322 e. The van der Waals surface area contributed by atoms with Crippen molar-refractivity contribution in [2.75, 3.05) is 0 Å². The fourth-order valence-corrected chi connectivity index (χ4v) is 5.04. The lowest BCUT2D eigenvalue weighted by atomic mass is 9.79. The standard InChI is InChI=1S/C30H29N7/c1-29(2,3)19-9-11-21-20-10-8-18(16-22(20)30(4,5)23(21)17-19)24-35-27(25-31-12-6-13-32-25)37-28(36-24)26-33-14-7-15-34-26/h6-17,27H,1-5H3,(H,35,36,37). The van der Waals surface area contributed by atoms with Crippen LogP contribution in [0.4, 0.5) is 0 Å². The van der Waals surface area contributed by atoms with Crippen LogP contribution in [0.3, 0.4) is 0 Å². The second-order valence-electron chi connectivity index (χ2n) is 11.0. The van der Waals surface area contributed by atoms with Crippen molar-refractivity contribution < 1.29 is 0 Å². The summed E-state index contributed by atoms with van der Waals surface area (Å²) in [6, 6.07) is 17.1. The molecule has 6 rings (SSSR count). The molecule has 7 heteroatoms. The Bertz CT molecular complexity index is 1550. The second kappa shape index (κ2) is 8.40. The van der Waals surface area contributed by atoms with Crippen LogP contribution in [0.25, 0.3) is 11.1 Å². The topological polar surface area (TPSA) is 88.3 Å². The van der Waals surface area contributed by atoms with Gasteiger partial charge in [0.2, 0.25) is 6.17 Å². The van der Waals surface area contributed by atoms with Crippen LogP contribution in [0.15, 0.2) is 83.3 Å². The van der Waals surface area contributed by atoms with Gasteiger partial charge in [0.05, 0.1) is 0 Å². The molecule has 0 amide bonds. The molecular formula is C30H29N7. The summed E-state index contributed by atoms with van der Waals surface area (Å²) in [7, 11) is 0. The second-order valence-corrected chi connectivity index (χ2v) is 11.0. The number of benzene rings is 2. The highest BCUT2D eigenvalue weighted by molar-refractivity contribution is 6.15. The van der Waals surface area contributed by atoms with E-state index in [1.807, 2.05) is 0 Å². The number of aromatic nitrogens is 4. The van der Waals surface area contributed by atoms with Crippen LogP contribution in [0.1, 0.15) is 74.7 Å². The zero-order valence-electron chi connectivity index (χ0n) is 21.7. The van der Waals surface area contributed by atoms with E-state index in [0.29, 0.717) is 23.3 Å². The summed E-state index contributed by atoms with van der Waals surface area (Å²) in [6.07, 6.45) is 6.22. The van der Waals surface area contributed by atoms with Gasteiger partial charge in [-0.15, -0.1) is 0 Å². The Morgan fingerprint density at radius 1 is 0.730 bits per heavy atom. The van der Waals surface area contributed by atoms with Gasteiger partial charge in [0.25, 0.3) is 0 Å². The highest BCUT2D eigenvalue weighted by Gasteiger charge is 2.37. The molecular weight excluding hydrogens is 458 g/mol. The van der Waals surface area contributed by atoms with Crippen LogP contribution < -0.4 is 5.32 Å². The Kier molecular flexibility index (Phi) is 5.26. The Morgan fingerprint density at radius 2 is 1.32 bits per heavy atom. The van der Waals surface area contributed by atoms with Crippen molar-refractivity contribution in [3.05, 3.63) is 107 Å². The summed E-state index contributed by atoms with van der Waals surface area (Å²) < 4.78 is 0. The maximum absolute atomic E-state index is 4.90. The quantitative estimate of drug-likeness (QED) is 0.420. The molecule has 3 heterocycles. The zero-order valence-corrected chi connectivity index (χ0v) is 21.7. The molecule has 1 unspecified atom stereocenters. The molecule has 0 bridgehead atoms. The third-order valence-corrected chi connectivity index (χ3v) is 7.15. The van der Waals surface area contributed by atoms with Gasteiger partial charge in [-0.25, -0.2) is 29.9 Å². The molecule has 2 aromatic carbocycles. The van der Waals surface area contributed by atoms with Crippen molar-refractivity contribution in [2.45, 2.75) is 51.6 Å². The molecule has 37 heavy (non-hydrogen) atoms. The lowest BCUT2D eigenvalue weighted by Gasteiger charge is -2.26. The van der Waals surface area contributed by atoms with Crippen LogP contribution in [-0.2, 0) is 10.8 Å². The number of nitrogens with one attached hydrogen (secondary N) is 1.